The molecule has 0 radical (unpaired) electrons. The fourth-order valence-electron chi connectivity index (χ4n) is 5.27. The van der Waals surface area contributed by atoms with Crippen molar-refractivity contribution in [3.63, 3.8) is 0 Å². The molecule has 6 aromatic carbocycles. The summed E-state index contributed by atoms with van der Waals surface area (Å²) in [5, 5.41) is 5.52. The zero-order chi connectivity index (χ0) is 29.4. The van der Waals surface area contributed by atoms with Gasteiger partial charge >= 0.3 is 41.9 Å². The number of rotatable bonds is 5. The molecule has 0 amide bonds. The van der Waals surface area contributed by atoms with Crippen molar-refractivity contribution in [2.45, 2.75) is 59.5 Å². The molecule has 0 atom stereocenters. The Morgan fingerprint density at radius 1 is 0.698 bits per heavy atom. The van der Waals surface area contributed by atoms with Crippen molar-refractivity contribution in [3.05, 3.63) is 132 Å². The quantitative estimate of drug-likeness (QED) is 0.162. The summed E-state index contributed by atoms with van der Waals surface area (Å²) in [6.07, 6.45) is 2.37. The van der Waals surface area contributed by atoms with Crippen molar-refractivity contribution >= 4 is 27.0 Å². The molecule has 0 aliphatic rings. The Morgan fingerprint density at radius 3 is 1.79 bits per heavy atom. The largest absolute Gasteiger partial charge is 1.00 e. The topological polar surface area (TPSA) is 0 Å². The van der Waals surface area contributed by atoms with Crippen molar-refractivity contribution < 1.29 is 48.1 Å². The molecule has 6 aromatic rings. The second-order valence-electron chi connectivity index (χ2n) is 11.4. The van der Waals surface area contributed by atoms with Crippen LogP contribution in [0.2, 0.25) is 13.1 Å². The van der Waals surface area contributed by atoms with Crippen LogP contribution < -0.4 is 24.8 Å². The standard InChI is InChI=1S/C19H19.C18H17.C2H6Si.2ClH.Zr/c1-3-7-15-12-18-14(2)10-11-17(19(18)13-15)16-8-5-4-6-9-16;1-13(2)16-11-15-9-6-10-17(18(15)12-16)14-7-4-3-5-8-14;1-3-2;;;/h4-6,8-13H,3,7H2,1-2H3;3-13H,1-2H3;1-2H3;2*1H;/q2*-1;;;;+2/p-2. The molecular weight excluding hydrogens is 659 g/mol. The predicted octanol–water partition coefficient (Wildman–Crippen LogP) is 5.63. The molecule has 0 aromatic heterocycles. The van der Waals surface area contributed by atoms with Gasteiger partial charge < -0.3 is 24.8 Å². The van der Waals surface area contributed by atoms with Crippen LogP contribution in [0.1, 0.15) is 49.8 Å². The third-order valence-corrected chi connectivity index (χ3v) is 7.31. The Hall–Kier alpha value is -2.22. The Labute approximate surface area is 286 Å². The van der Waals surface area contributed by atoms with Gasteiger partial charge in [0.15, 0.2) is 0 Å². The number of aryl methyl sites for hydroxylation is 2. The second-order valence-corrected chi connectivity index (χ2v) is 20.7. The summed E-state index contributed by atoms with van der Waals surface area (Å²) >= 11 is 1.74. The van der Waals surface area contributed by atoms with Crippen LogP contribution in [-0.2, 0) is 29.8 Å². The van der Waals surface area contributed by atoms with Gasteiger partial charge in [-0.15, -0.1) is 68.6 Å². The van der Waals surface area contributed by atoms with E-state index in [4.69, 9.17) is 0 Å². The maximum atomic E-state index is 2.37. The molecule has 0 fully saturated rings. The summed E-state index contributed by atoms with van der Waals surface area (Å²) in [6.45, 7) is 13.5. The van der Waals surface area contributed by atoms with Gasteiger partial charge in [0.25, 0.3) is 0 Å². The minimum Gasteiger partial charge on any atom is -1.00 e. The SMILES string of the molecule is CC(C)c1cc2c(-c3ccccc3)cccc2[cH-]1.CCCc1cc2c(-c3ccccc3)ccc(C)c2[cH-]1.C[Si](C)=[Zr+2].[Cl-].[Cl-]. The average molecular weight is 701 g/mol. The molecule has 6 rings (SSSR count). The minimum absolute atomic E-state index is 0. The van der Waals surface area contributed by atoms with Crippen LogP contribution in [0.3, 0.4) is 0 Å². The van der Waals surface area contributed by atoms with E-state index in [0.717, 1.165) is 0 Å². The van der Waals surface area contributed by atoms with Gasteiger partial charge in [-0.3, -0.25) is 0 Å². The van der Waals surface area contributed by atoms with E-state index in [1.807, 2.05) is 0 Å². The molecule has 0 N–H and O–H groups in total. The second kappa shape index (κ2) is 17.9. The average Bonchev–Trinajstić information content (AvgIpc) is 3.60. The molecule has 0 nitrogen and oxygen atoms in total. The van der Waals surface area contributed by atoms with Crippen LogP contribution in [0, 0.1) is 6.92 Å². The molecule has 0 unspecified atom stereocenters. The van der Waals surface area contributed by atoms with E-state index in [1.54, 1.807) is 23.3 Å². The van der Waals surface area contributed by atoms with Crippen LogP contribution in [0.25, 0.3) is 43.8 Å². The van der Waals surface area contributed by atoms with Crippen LogP contribution in [-0.4, -0.2) is 5.43 Å². The van der Waals surface area contributed by atoms with Crippen molar-refractivity contribution in [1.82, 2.24) is 0 Å². The molecule has 222 valence electrons. The molecular formula is C39H42Cl2SiZr-2. The molecule has 0 saturated carbocycles. The summed E-state index contributed by atoms with van der Waals surface area (Å²) < 4.78 is 0. The van der Waals surface area contributed by atoms with Crippen LogP contribution >= 0.6 is 0 Å². The Kier molecular flexibility index (Phi) is 15.4. The first-order chi connectivity index (χ1) is 19.8. The van der Waals surface area contributed by atoms with Gasteiger partial charge in [-0.2, -0.15) is 12.1 Å². The fourth-order valence-corrected chi connectivity index (χ4v) is 5.27. The van der Waals surface area contributed by atoms with Gasteiger partial charge in [-0.05, 0) is 23.5 Å². The zero-order valence-corrected chi connectivity index (χ0v) is 31.2. The summed E-state index contributed by atoms with van der Waals surface area (Å²) in [5.74, 6) is 0.584. The van der Waals surface area contributed by atoms with Crippen LogP contribution in [0.15, 0.2) is 115 Å². The number of hydrogen-bond donors (Lipinski definition) is 0. The summed E-state index contributed by atoms with van der Waals surface area (Å²) in [6, 6.07) is 41.7. The van der Waals surface area contributed by atoms with Crippen molar-refractivity contribution in [1.29, 1.82) is 0 Å². The van der Waals surface area contributed by atoms with Gasteiger partial charge in [0.2, 0.25) is 0 Å². The summed E-state index contributed by atoms with van der Waals surface area (Å²) in [5.41, 5.74) is 9.75. The molecule has 0 saturated heterocycles. The first-order valence-corrected chi connectivity index (χ1v) is 21.0. The van der Waals surface area contributed by atoms with Crippen LogP contribution in [0.5, 0.6) is 0 Å². The maximum Gasteiger partial charge on any atom is -1.00 e. The number of fused-ring (bicyclic) bond motifs is 2. The smallest absolute Gasteiger partial charge is 1.00 e. The first-order valence-electron chi connectivity index (χ1n) is 14.8. The van der Waals surface area contributed by atoms with E-state index in [9.17, 15) is 0 Å². The van der Waals surface area contributed by atoms with Crippen molar-refractivity contribution in [2.24, 2.45) is 0 Å². The Bertz CT molecular complexity index is 1710. The van der Waals surface area contributed by atoms with E-state index < -0.39 is 0 Å². The van der Waals surface area contributed by atoms with E-state index in [-0.39, 0.29) is 30.2 Å². The molecule has 0 heterocycles. The van der Waals surface area contributed by atoms with Gasteiger partial charge in [-0.1, -0.05) is 118 Å². The zero-order valence-electron chi connectivity index (χ0n) is 26.2. The normalized spacial score (nSPS) is 10.3. The third-order valence-electron chi connectivity index (χ3n) is 7.31. The van der Waals surface area contributed by atoms with Gasteiger partial charge in [0.1, 0.15) is 0 Å². The number of halogens is 2. The van der Waals surface area contributed by atoms with Gasteiger partial charge in [-0.25, -0.2) is 0 Å². The molecule has 0 aliphatic carbocycles. The monoisotopic (exact) mass is 698 g/mol. The molecule has 43 heavy (non-hydrogen) atoms. The maximum absolute atomic E-state index is 2.37. The van der Waals surface area contributed by atoms with Crippen molar-refractivity contribution in [3.8, 4) is 22.3 Å². The van der Waals surface area contributed by atoms with Gasteiger partial charge in [0, 0.05) is 0 Å². The third kappa shape index (κ3) is 9.89. The Morgan fingerprint density at radius 2 is 1.26 bits per heavy atom. The Balaban J connectivity index is 0.000000257. The van der Waals surface area contributed by atoms with E-state index in [2.05, 4.69) is 156 Å². The summed E-state index contributed by atoms with van der Waals surface area (Å²) in [4.78, 5) is 0. The number of hydrogen-bond acceptors (Lipinski definition) is 0. The van der Waals surface area contributed by atoms with E-state index in [0.29, 0.717) is 5.92 Å². The predicted molar refractivity (Wildman–Crippen MR) is 180 cm³/mol. The minimum atomic E-state index is 0. The molecule has 0 aliphatic heterocycles. The van der Waals surface area contributed by atoms with E-state index >= 15 is 0 Å². The first kappa shape index (κ1) is 37.0. The fraction of sp³-hybridized carbons (Fsp3) is 0.231. The van der Waals surface area contributed by atoms with Gasteiger partial charge in [0.05, 0.1) is 0 Å². The number of benzene rings is 4. The molecule has 0 bridgehead atoms. The molecule has 4 heteroatoms. The molecule has 0 spiro atoms. The van der Waals surface area contributed by atoms with Crippen molar-refractivity contribution in [2.75, 3.05) is 0 Å². The summed E-state index contributed by atoms with van der Waals surface area (Å²) in [7, 11) is 0. The van der Waals surface area contributed by atoms with E-state index in [1.165, 1.54) is 73.3 Å². The van der Waals surface area contributed by atoms with Crippen LogP contribution in [0.4, 0.5) is 0 Å².